The molecule has 138 valence electrons. The first-order chi connectivity index (χ1) is 12.5. The summed E-state index contributed by atoms with van der Waals surface area (Å²) in [4.78, 5) is 13.3. The quantitative estimate of drug-likeness (QED) is 0.798. The van der Waals surface area contributed by atoms with E-state index < -0.39 is 6.10 Å². The molecule has 1 aliphatic heterocycles. The third-order valence-electron chi connectivity index (χ3n) is 4.05. The van der Waals surface area contributed by atoms with Crippen LogP contribution in [0.15, 0.2) is 42.5 Å². The van der Waals surface area contributed by atoms with Gasteiger partial charge in [-0.25, -0.2) is 0 Å². The standard InChI is InChI=1S/C20H24N2O4/c1-14(23)10-22(11-16-3-6-18(7-4-16)21-15(2)24)12-17-5-8-19-20(9-17)26-13-25-19/h3-9,14,23H,10-13H2,1-2H3,(H,21,24)/t14-/m0/s1. The Morgan fingerprint density at radius 2 is 1.77 bits per heavy atom. The first kappa shape index (κ1) is 18.2. The van der Waals surface area contributed by atoms with E-state index in [1.807, 2.05) is 42.5 Å². The second-order valence-corrected chi connectivity index (χ2v) is 6.58. The predicted octanol–water partition coefficient (Wildman–Crippen LogP) is 2.76. The first-order valence-electron chi connectivity index (χ1n) is 8.65. The van der Waals surface area contributed by atoms with Crippen molar-refractivity contribution >= 4 is 11.6 Å². The summed E-state index contributed by atoms with van der Waals surface area (Å²) in [6.07, 6.45) is -0.428. The van der Waals surface area contributed by atoms with Crippen molar-refractivity contribution in [2.45, 2.75) is 33.0 Å². The molecule has 1 atom stereocenters. The highest BCUT2D eigenvalue weighted by Crippen LogP contribution is 2.33. The van der Waals surface area contributed by atoms with E-state index in [1.165, 1.54) is 6.92 Å². The number of anilines is 1. The van der Waals surface area contributed by atoms with Crippen LogP contribution >= 0.6 is 0 Å². The molecule has 0 radical (unpaired) electrons. The van der Waals surface area contributed by atoms with Crippen LogP contribution in [0.1, 0.15) is 25.0 Å². The van der Waals surface area contributed by atoms with Crippen molar-refractivity contribution < 1.29 is 19.4 Å². The van der Waals surface area contributed by atoms with Gasteiger partial charge in [-0.05, 0) is 42.3 Å². The van der Waals surface area contributed by atoms with Gasteiger partial charge in [-0.15, -0.1) is 0 Å². The van der Waals surface area contributed by atoms with Gasteiger partial charge in [0.1, 0.15) is 0 Å². The Bertz CT molecular complexity index is 759. The van der Waals surface area contributed by atoms with Crippen molar-refractivity contribution in [2.24, 2.45) is 0 Å². The van der Waals surface area contributed by atoms with Crippen molar-refractivity contribution in [3.05, 3.63) is 53.6 Å². The van der Waals surface area contributed by atoms with Gasteiger partial charge in [0, 0.05) is 32.2 Å². The fourth-order valence-electron chi connectivity index (χ4n) is 3.01. The summed E-state index contributed by atoms with van der Waals surface area (Å²) in [7, 11) is 0. The molecule has 6 heteroatoms. The van der Waals surface area contributed by atoms with Crippen LogP contribution in [0, 0.1) is 0 Å². The van der Waals surface area contributed by atoms with Crippen LogP contribution < -0.4 is 14.8 Å². The number of aliphatic hydroxyl groups excluding tert-OH is 1. The minimum Gasteiger partial charge on any atom is -0.454 e. The SMILES string of the molecule is CC(=O)Nc1ccc(CN(Cc2ccc3c(c2)OCO3)C[C@H](C)O)cc1. The third-order valence-corrected chi connectivity index (χ3v) is 4.05. The Labute approximate surface area is 153 Å². The number of benzene rings is 2. The molecule has 1 heterocycles. The lowest BCUT2D eigenvalue weighted by Gasteiger charge is -2.24. The Morgan fingerprint density at radius 1 is 1.12 bits per heavy atom. The molecule has 2 aromatic rings. The van der Waals surface area contributed by atoms with Crippen molar-refractivity contribution in [3.8, 4) is 11.5 Å². The Morgan fingerprint density at radius 3 is 2.46 bits per heavy atom. The molecule has 1 aliphatic rings. The topological polar surface area (TPSA) is 71.0 Å². The van der Waals surface area contributed by atoms with Gasteiger partial charge >= 0.3 is 0 Å². The number of hydrogen-bond acceptors (Lipinski definition) is 5. The van der Waals surface area contributed by atoms with E-state index >= 15 is 0 Å². The molecule has 0 saturated heterocycles. The molecule has 1 amide bonds. The number of carbonyl (C=O) groups is 1. The maximum atomic E-state index is 11.1. The molecule has 0 unspecified atom stereocenters. The Hall–Kier alpha value is -2.57. The molecule has 0 saturated carbocycles. The van der Waals surface area contributed by atoms with Crippen LogP contribution in [0.5, 0.6) is 11.5 Å². The van der Waals surface area contributed by atoms with Gasteiger partial charge < -0.3 is 19.9 Å². The van der Waals surface area contributed by atoms with E-state index in [0.717, 1.165) is 28.3 Å². The van der Waals surface area contributed by atoms with E-state index in [0.29, 0.717) is 19.6 Å². The van der Waals surface area contributed by atoms with Gasteiger partial charge in [-0.3, -0.25) is 9.69 Å². The average Bonchev–Trinajstić information content (AvgIpc) is 3.03. The second kappa shape index (κ2) is 8.21. The van der Waals surface area contributed by atoms with Crippen LogP contribution in [0.4, 0.5) is 5.69 Å². The minimum absolute atomic E-state index is 0.0868. The van der Waals surface area contributed by atoms with E-state index in [4.69, 9.17) is 9.47 Å². The maximum Gasteiger partial charge on any atom is 0.231 e. The van der Waals surface area contributed by atoms with Crippen molar-refractivity contribution in [3.63, 3.8) is 0 Å². The summed E-state index contributed by atoms with van der Waals surface area (Å²) >= 11 is 0. The zero-order valence-corrected chi connectivity index (χ0v) is 15.1. The lowest BCUT2D eigenvalue weighted by atomic mass is 10.1. The number of amides is 1. The Kier molecular flexibility index (Phi) is 5.75. The van der Waals surface area contributed by atoms with E-state index in [2.05, 4.69) is 10.2 Å². The first-order valence-corrected chi connectivity index (χ1v) is 8.65. The number of nitrogens with one attached hydrogen (secondary N) is 1. The van der Waals surface area contributed by atoms with E-state index in [9.17, 15) is 9.90 Å². The van der Waals surface area contributed by atoms with Gasteiger partial charge in [-0.1, -0.05) is 18.2 Å². The highest BCUT2D eigenvalue weighted by molar-refractivity contribution is 5.88. The zero-order valence-electron chi connectivity index (χ0n) is 15.1. The van der Waals surface area contributed by atoms with E-state index in [1.54, 1.807) is 6.92 Å². The molecular weight excluding hydrogens is 332 g/mol. The van der Waals surface area contributed by atoms with Gasteiger partial charge in [-0.2, -0.15) is 0 Å². The number of aliphatic hydroxyl groups is 1. The summed E-state index contributed by atoms with van der Waals surface area (Å²) in [6, 6.07) is 13.7. The van der Waals surface area contributed by atoms with Gasteiger partial charge in [0.05, 0.1) is 6.10 Å². The van der Waals surface area contributed by atoms with Crippen LogP contribution in [0.2, 0.25) is 0 Å². The molecule has 2 aromatic carbocycles. The summed E-state index contributed by atoms with van der Waals surface area (Å²) in [5, 5.41) is 12.6. The number of rotatable bonds is 7. The molecular formula is C20H24N2O4. The van der Waals surface area contributed by atoms with Crippen molar-refractivity contribution in [2.75, 3.05) is 18.7 Å². The largest absolute Gasteiger partial charge is 0.454 e. The molecule has 6 nitrogen and oxygen atoms in total. The molecule has 3 rings (SSSR count). The Balaban J connectivity index is 1.68. The third kappa shape index (κ3) is 4.97. The summed E-state index contributed by atoms with van der Waals surface area (Å²) in [5.74, 6) is 1.44. The fraction of sp³-hybridized carbons (Fsp3) is 0.350. The molecule has 2 N–H and O–H groups in total. The molecule has 0 aromatic heterocycles. The highest BCUT2D eigenvalue weighted by atomic mass is 16.7. The van der Waals surface area contributed by atoms with Gasteiger partial charge in [0.15, 0.2) is 11.5 Å². The molecule has 0 aliphatic carbocycles. The van der Waals surface area contributed by atoms with Crippen molar-refractivity contribution in [1.29, 1.82) is 0 Å². The molecule has 26 heavy (non-hydrogen) atoms. The molecule has 0 bridgehead atoms. The second-order valence-electron chi connectivity index (χ2n) is 6.58. The average molecular weight is 356 g/mol. The fourth-order valence-corrected chi connectivity index (χ4v) is 3.01. The number of hydrogen-bond donors (Lipinski definition) is 2. The number of nitrogens with zero attached hydrogens (tertiary/aromatic N) is 1. The zero-order chi connectivity index (χ0) is 18.5. The molecule has 0 spiro atoms. The van der Waals surface area contributed by atoms with Crippen LogP contribution in [0.25, 0.3) is 0 Å². The number of carbonyl (C=O) groups excluding carboxylic acids is 1. The predicted molar refractivity (Wildman–Crippen MR) is 99.1 cm³/mol. The van der Waals surface area contributed by atoms with Crippen LogP contribution in [-0.2, 0) is 17.9 Å². The van der Waals surface area contributed by atoms with Gasteiger partial charge in [0.25, 0.3) is 0 Å². The number of ether oxygens (including phenoxy) is 2. The number of fused-ring (bicyclic) bond motifs is 1. The van der Waals surface area contributed by atoms with E-state index in [-0.39, 0.29) is 12.7 Å². The smallest absolute Gasteiger partial charge is 0.231 e. The highest BCUT2D eigenvalue weighted by Gasteiger charge is 2.16. The lowest BCUT2D eigenvalue weighted by Crippen LogP contribution is -2.30. The normalized spacial score (nSPS) is 13.7. The molecule has 0 fully saturated rings. The summed E-state index contributed by atoms with van der Waals surface area (Å²) in [6.45, 7) is 5.48. The summed E-state index contributed by atoms with van der Waals surface area (Å²) < 4.78 is 10.8. The lowest BCUT2D eigenvalue weighted by molar-refractivity contribution is -0.114. The van der Waals surface area contributed by atoms with Crippen molar-refractivity contribution in [1.82, 2.24) is 4.90 Å². The van der Waals surface area contributed by atoms with Crippen LogP contribution in [-0.4, -0.2) is 35.4 Å². The monoisotopic (exact) mass is 356 g/mol. The minimum atomic E-state index is -0.428. The maximum absolute atomic E-state index is 11.1. The summed E-state index contributed by atoms with van der Waals surface area (Å²) in [5.41, 5.74) is 2.99. The van der Waals surface area contributed by atoms with Gasteiger partial charge in [0.2, 0.25) is 12.7 Å². The van der Waals surface area contributed by atoms with Crippen LogP contribution in [0.3, 0.4) is 0 Å².